The molecule has 0 spiro atoms. The maximum absolute atomic E-state index is 12.5. The van der Waals surface area contributed by atoms with E-state index in [1.807, 2.05) is 62.4 Å². The van der Waals surface area contributed by atoms with Crippen LogP contribution in [0.15, 0.2) is 66.7 Å². The predicted molar refractivity (Wildman–Crippen MR) is 152 cm³/mol. The fourth-order valence-electron chi connectivity index (χ4n) is 4.08. The van der Waals surface area contributed by atoms with Crippen LogP contribution >= 0.6 is 0 Å². The van der Waals surface area contributed by atoms with E-state index in [9.17, 15) is 23.4 Å². The standard InChI is InChI=1S/C29H37N3O6S/c1-4-38-28-8-6-5-7-24(28)18-31-29(35)16-22-11-9-21(10-12-22)15-20(2)30-19-27(34)23-13-14-26(33)25(17-23)32-39(3,36)37/h5-14,17,20,27,30,32-34H,4,15-16,18-19H2,1-3H3,(H,31,35)/t20-,27-/m1/s1. The van der Waals surface area contributed by atoms with Gasteiger partial charge in [-0.15, -0.1) is 0 Å². The quantitative estimate of drug-likeness (QED) is 0.193. The second-order valence-electron chi connectivity index (χ2n) is 9.49. The highest BCUT2D eigenvalue weighted by Gasteiger charge is 2.14. The number of nitrogens with one attached hydrogen (secondary N) is 3. The molecule has 3 aromatic rings. The van der Waals surface area contributed by atoms with Gasteiger partial charge in [-0.2, -0.15) is 0 Å². The van der Waals surface area contributed by atoms with Crippen molar-refractivity contribution in [2.24, 2.45) is 0 Å². The SMILES string of the molecule is CCOc1ccccc1CNC(=O)Cc1ccc(C[C@@H](C)NC[C@@H](O)c2ccc(O)c(NS(C)(=O)=O)c2)cc1. The van der Waals surface area contributed by atoms with E-state index in [1.54, 1.807) is 6.07 Å². The Morgan fingerprint density at radius 1 is 1.03 bits per heavy atom. The van der Waals surface area contributed by atoms with E-state index in [4.69, 9.17) is 4.74 Å². The molecule has 0 unspecified atom stereocenters. The zero-order valence-electron chi connectivity index (χ0n) is 22.5. The second-order valence-corrected chi connectivity index (χ2v) is 11.2. The molecule has 0 saturated heterocycles. The zero-order valence-corrected chi connectivity index (χ0v) is 23.3. The van der Waals surface area contributed by atoms with E-state index >= 15 is 0 Å². The number of phenols is 1. The molecule has 39 heavy (non-hydrogen) atoms. The average molecular weight is 556 g/mol. The Morgan fingerprint density at radius 2 is 1.72 bits per heavy atom. The number of ether oxygens (including phenoxy) is 1. The molecule has 0 aliphatic heterocycles. The maximum Gasteiger partial charge on any atom is 0.229 e. The van der Waals surface area contributed by atoms with Crippen LogP contribution in [0.1, 0.15) is 42.2 Å². The number of amides is 1. The lowest BCUT2D eigenvalue weighted by molar-refractivity contribution is -0.120. The van der Waals surface area contributed by atoms with Crippen LogP contribution in [0.25, 0.3) is 0 Å². The fourth-order valence-corrected chi connectivity index (χ4v) is 4.64. The normalized spacial score (nSPS) is 12.9. The second kappa shape index (κ2) is 14.0. The third-order valence-corrected chi connectivity index (χ3v) is 6.63. The number of phenolic OH excluding ortho intramolecular Hbond substituents is 1. The number of para-hydroxylation sites is 1. The first kappa shape index (κ1) is 29.9. The molecule has 10 heteroatoms. The highest BCUT2D eigenvalue weighted by atomic mass is 32.2. The van der Waals surface area contributed by atoms with Crippen molar-refractivity contribution in [3.8, 4) is 11.5 Å². The number of hydrogen-bond donors (Lipinski definition) is 5. The predicted octanol–water partition coefficient (Wildman–Crippen LogP) is 3.28. The van der Waals surface area contributed by atoms with E-state index in [-0.39, 0.29) is 36.4 Å². The van der Waals surface area contributed by atoms with Crippen molar-refractivity contribution in [3.63, 3.8) is 0 Å². The molecular formula is C29H37N3O6S. The first-order chi connectivity index (χ1) is 18.5. The van der Waals surface area contributed by atoms with Gasteiger partial charge in [0.15, 0.2) is 0 Å². The molecular weight excluding hydrogens is 518 g/mol. The summed E-state index contributed by atoms with van der Waals surface area (Å²) < 4.78 is 30.8. The summed E-state index contributed by atoms with van der Waals surface area (Å²) in [5.41, 5.74) is 3.43. The molecule has 0 saturated carbocycles. The van der Waals surface area contributed by atoms with Gasteiger partial charge in [0.05, 0.1) is 31.1 Å². The molecule has 9 nitrogen and oxygen atoms in total. The van der Waals surface area contributed by atoms with Crippen LogP contribution in [0.2, 0.25) is 0 Å². The number of aliphatic hydroxyl groups excluding tert-OH is 1. The first-order valence-corrected chi connectivity index (χ1v) is 14.7. The monoisotopic (exact) mass is 555 g/mol. The van der Waals surface area contributed by atoms with Crippen molar-refractivity contribution in [3.05, 3.63) is 89.0 Å². The highest BCUT2D eigenvalue weighted by Crippen LogP contribution is 2.27. The van der Waals surface area contributed by atoms with E-state index < -0.39 is 16.1 Å². The van der Waals surface area contributed by atoms with Gasteiger partial charge in [0, 0.05) is 24.7 Å². The van der Waals surface area contributed by atoms with Gasteiger partial charge in [-0.3, -0.25) is 9.52 Å². The molecule has 0 bridgehead atoms. The minimum atomic E-state index is -3.56. The molecule has 0 aromatic heterocycles. The van der Waals surface area contributed by atoms with Gasteiger partial charge in [0.25, 0.3) is 0 Å². The molecule has 0 fully saturated rings. The van der Waals surface area contributed by atoms with Crippen LogP contribution in [-0.4, -0.2) is 50.0 Å². The highest BCUT2D eigenvalue weighted by molar-refractivity contribution is 7.92. The van der Waals surface area contributed by atoms with E-state index in [0.717, 1.165) is 28.7 Å². The lowest BCUT2D eigenvalue weighted by Crippen LogP contribution is -2.32. The number of benzene rings is 3. The Bertz CT molecular complexity index is 1350. The maximum atomic E-state index is 12.5. The largest absolute Gasteiger partial charge is 0.506 e. The third-order valence-electron chi connectivity index (χ3n) is 6.04. The van der Waals surface area contributed by atoms with Gasteiger partial charge in [0.1, 0.15) is 11.5 Å². The molecule has 0 heterocycles. The number of carbonyl (C=O) groups excluding carboxylic acids is 1. The molecule has 0 radical (unpaired) electrons. The summed E-state index contributed by atoms with van der Waals surface area (Å²) >= 11 is 0. The van der Waals surface area contributed by atoms with E-state index in [0.29, 0.717) is 25.1 Å². The van der Waals surface area contributed by atoms with Crippen LogP contribution in [0.5, 0.6) is 11.5 Å². The van der Waals surface area contributed by atoms with Gasteiger partial charge < -0.3 is 25.6 Å². The smallest absolute Gasteiger partial charge is 0.229 e. The van der Waals surface area contributed by atoms with Crippen molar-refractivity contribution >= 4 is 21.6 Å². The van der Waals surface area contributed by atoms with Crippen molar-refractivity contribution in [1.82, 2.24) is 10.6 Å². The number of rotatable bonds is 14. The summed E-state index contributed by atoms with van der Waals surface area (Å²) in [4.78, 5) is 12.5. The Kier molecular flexibility index (Phi) is 10.7. The minimum absolute atomic E-state index is 0.0196. The van der Waals surface area contributed by atoms with Gasteiger partial charge in [-0.25, -0.2) is 8.42 Å². The van der Waals surface area contributed by atoms with Crippen LogP contribution in [0.3, 0.4) is 0 Å². The van der Waals surface area contributed by atoms with Gasteiger partial charge in [-0.1, -0.05) is 48.5 Å². The Balaban J connectivity index is 1.46. The molecule has 1 amide bonds. The van der Waals surface area contributed by atoms with Crippen molar-refractivity contribution in [2.75, 3.05) is 24.1 Å². The molecule has 5 N–H and O–H groups in total. The van der Waals surface area contributed by atoms with Crippen LogP contribution in [-0.2, 0) is 34.2 Å². The number of hydrogen-bond acceptors (Lipinski definition) is 7. The number of carbonyl (C=O) groups is 1. The van der Waals surface area contributed by atoms with Crippen LogP contribution in [0.4, 0.5) is 5.69 Å². The number of aromatic hydroxyl groups is 1. The molecule has 3 rings (SSSR count). The van der Waals surface area contributed by atoms with Gasteiger partial charge in [0.2, 0.25) is 15.9 Å². The van der Waals surface area contributed by atoms with Crippen molar-refractivity contribution in [2.45, 2.75) is 45.4 Å². The summed E-state index contributed by atoms with van der Waals surface area (Å²) in [7, 11) is -3.56. The molecule has 210 valence electrons. The zero-order chi connectivity index (χ0) is 28.4. The minimum Gasteiger partial charge on any atom is -0.506 e. The third kappa shape index (κ3) is 9.90. The summed E-state index contributed by atoms with van der Waals surface area (Å²) in [6.07, 6.45) is 1.09. The molecule has 2 atom stereocenters. The topological polar surface area (TPSA) is 137 Å². The Morgan fingerprint density at radius 3 is 2.41 bits per heavy atom. The lowest BCUT2D eigenvalue weighted by atomic mass is 10.0. The lowest BCUT2D eigenvalue weighted by Gasteiger charge is -2.18. The number of anilines is 1. The average Bonchev–Trinajstić information content (AvgIpc) is 2.88. The number of aliphatic hydroxyl groups is 1. The summed E-state index contributed by atoms with van der Waals surface area (Å²) in [6, 6.07) is 19.9. The Hall–Kier alpha value is -3.60. The van der Waals surface area contributed by atoms with E-state index in [2.05, 4.69) is 15.4 Å². The van der Waals surface area contributed by atoms with Crippen LogP contribution in [0, 0.1) is 0 Å². The summed E-state index contributed by atoms with van der Waals surface area (Å²) in [5, 5.41) is 26.7. The summed E-state index contributed by atoms with van der Waals surface area (Å²) in [5.74, 6) is 0.490. The summed E-state index contributed by atoms with van der Waals surface area (Å²) in [6.45, 7) is 5.14. The first-order valence-electron chi connectivity index (χ1n) is 12.8. The molecule has 0 aliphatic carbocycles. The van der Waals surface area contributed by atoms with Crippen LogP contribution < -0.4 is 20.1 Å². The number of sulfonamides is 1. The Labute approximate surface area is 230 Å². The van der Waals surface area contributed by atoms with Crippen molar-refractivity contribution in [1.29, 1.82) is 0 Å². The molecule has 0 aliphatic rings. The fraction of sp³-hybridized carbons (Fsp3) is 0.345. The van der Waals surface area contributed by atoms with Gasteiger partial charge in [-0.05, 0) is 55.2 Å². The van der Waals surface area contributed by atoms with Crippen molar-refractivity contribution < 1.29 is 28.2 Å². The molecule has 3 aromatic carbocycles. The van der Waals surface area contributed by atoms with E-state index in [1.165, 1.54) is 12.1 Å². The van der Waals surface area contributed by atoms with Gasteiger partial charge >= 0.3 is 0 Å².